The summed E-state index contributed by atoms with van der Waals surface area (Å²) in [6.07, 6.45) is 4.02. The molecule has 1 N–H and O–H groups in total. The Morgan fingerprint density at radius 3 is 2.86 bits per heavy atom. The molecule has 1 saturated heterocycles. The smallest absolute Gasteiger partial charge is 0.223 e. The number of likely N-dealkylation sites (tertiary alicyclic amines) is 1. The van der Waals surface area contributed by atoms with Gasteiger partial charge < -0.3 is 5.32 Å². The van der Waals surface area contributed by atoms with Gasteiger partial charge in [0.1, 0.15) is 0 Å². The molecule has 1 atom stereocenters. The molecule has 0 aliphatic carbocycles. The lowest BCUT2D eigenvalue weighted by Gasteiger charge is -2.17. The van der Waals surface area contributed by atoms with E-state index in [0.717, 1.165) is 44.1 Å². The largest absolute Gasteiger partial charge is 0.350 e. The van der Waals surface area contributed by atoms with Gasteiger partial charge in [-0.25, -0.2) is 9.97 Å². The van der Waals surface area contributed by atoms with Gasteiger partial charge in [0.2, 0.25) is 5.95 Å². The number of hydrogen-bond acceptors (Lipinski definition) is 4. The van der Waals surface area contributed by atoms with Crippen molar-refractivity contribution >= 4 is 5.95 Å². The van der Waals surface area contributed by atoms with Crippen LogP contribution in [0.15, 0.2) is 36.5 Å². The Morgan fingerprint density at radius 1 is 1.27 bits per heavy atom. The van der Waals surface area contributed by atoms with Gasteiger partial charge in [0.25, 0.3) is 0 Å². The van der Waals surface area contributed by atoms with Crippen LogP contribution in [0.4, 0.5) is 5.95 Å². The van der Waals surface area contributed by atoms with Crippen LogP contribution in [-0.2, 0) is 13.0 Å². The number of nitrogens with zero attached hydrogens (tertiary/aromatic N) is 3. The van der Waals surface area contributed by atoms with Crippen LogP contribution in [0, 0.1) is 6.92 Å². The Hall–Kier alpha value is -1.94. The third-order valence-electron chi connectivity index (χ3n) is 4.27. The molecular weight excluding hydrogens is 272 g/mol. The molecule has 2 aromatic rings. The molecule has 0 spiro atoms. The predicted octanol–water partition coefficient (Wildman–Crippen LogP) is 3.03. The van der Waals surface area contributed by atoms with Gasteiger partial charge in [-0.3, -0.25) is 4.90 Å². The van der Waals surface area contributed by atoms with Crippen LogP contribution in [0.5, 0.6) is 0 Å². The average Bonchev–Trinajstić information content (AvgIpc) is 2.97. The molecule has 3 rings (SSSR count). The van der Waals surface area contributed by atoms with Gasteiger partial charge in [-0.05, 0) is 30.9 Å². The third-order valence-corrected chi connectivity index (χ3v) is 4.27. The summed E-state index contributed by atoms with van der Waals surface area (Å²) in [6, 6.07) is 11.1. The fraction of sp³-hybridized carbons (Fsp3) is 0.444. The van der Waals surface area contributed by atoms with E-state index >= 15 is 0 Å². The van der Waals surface area contributed by atoms with Crippen molar-refractivity contribution in [1.82, 2.24) is 14.9 Å². The molecule has 2 heterocycles. The van der Waals surface area contributed by atoms with Crippen molar-refractivity contribution in [3.63, 3.8) is 0 Å². The number of hydrogen-bond donors (Lipinski definition) is 1. The molecule has 0 bridgehead atoms. The summed E-state index contributed by atoms with van der Waals surface area (Å²) in [5.41, 5.74) is 3.69. The maximum absolute atomic E-state index is 4.62. The van der Waals surface area contributed by atoms with E-state index in [9.17, 15) is 0 Å². The number of benzene rings is 1. The Kier molecular flexibility index (Phi) is 4.68. The molecule has 1 fully saturated rings. The molecular formula is C18H24N4. The SMILES string of the molecule is CCc1nc(N[C@H]2CCN(Cc3ccccc3)C2)ncc1C. The molecule has 4 nitrogen and oxygen atoms in total. The maximum Gasteiger partial charge on any atom is 0.223 e. The van der Waals surface area contributed by atoms with Crippen molar-refractivity contribution in [1.29, 1.82) is 0 Å². The Morgan fingerprint density at radius 2 is 2.09 bits per heavy atom. The van der Waals surface area contributed by atoms with Gasteiger partial charge in [-0.15, -0.1) is 0 Å². The minimum atomic E-state index is 0.441. The third kappa shape index (κ3) is 3.63. The predicted molar refractivity (Wildman–Crippen MR) is 89.9 cm³/mol. The van der Waals surface area contributed by atoms with E-state index in [0.29, 0.717) is 6.04 Å². The highest BCUT2D eigenvalue weighted by Gasteiger charge is 2.23. The topological polar surface area (TPSA) is 41.1 Å². The van der Waals surface area contributed by atoms with E-state index < -0.39 is 0 Å². The van der Waals surface area contributed by atoms with E-state index in [-0.39, 0.29) is 0 Å². The molecule has 1 aliphatic rings. The molecule has 0 amide bonds. The van der Waals surface area contributed by atoms with Crippen LogP contribution in [0.2, 0.25) is 0 Å². The Bertz CT molecular complexity index is 612. The van der Waals surface area contributed by atoms with Gasteiger partial charge in [-0.1, -0.05) is 37.3 Å². The zero-order chi connectivity index (χ0) is 15.4. The van der Waals surface area contributed by atoms with Crippen LogP contribution in [-0.4, -0.2) is 34.0 Å². The Labute approximate surface area is 132 Å². The van der Waals surface area contributed by atoms with Crippen molar-refractivity contribution < 1.29 is 0 Å². The molecule has 1 aliphatic heterocycles. The fourth-order valence-corrected chi connectivity index (χ4v) is 3.02. The van der Waals surface area contributed by atoms with E-state index in [1.165, 1.54) is 11.1 Å². The molecule has 0 unspecified atom stereocenters. The average molecular weight is 296 g/mol. The lowest BCUT2D eigenvalue weighted by atomic mass is 10.2. The normalized spacial score (nSPS) is 18.5. The number of nitrogens with one attached hydrogen (secondary N) is 1. The molecule has 22 heavy (non-hydrogen) atoms. The van der Waals surface area contributed by atoms with Crippen molar-refractivity contribution in [3.05, 3.63) is 53.3 Å². The summed E-state index contributed by atoms with van der Waals surface area (Å²) >= 11 is 0. The molecule has 1 aromatic carbocycles. The number of rotatable bonds is 5. The fourth-order valence-electron chi connectivity index (χ4n) is 3.02. The van der Waals surface area contributed by atoms with Crippen molar-refractivity contribution in [2.75, 3.05) is 18.4 Å². The first-order chi connectivity index (χ1) is 10.7. The van der Waals surface area contributed by atoms with Crippen LogP contribution in [0.25, 0.3) is 0 Å². The highest BCUT2D eigenvalue weighted by molar-refractivity contribution is 5.31. The minimum absolute atomic E-state index is 0.441. The van der Waals surface area contributed by atoms with E-state index in [4.69, 9.17) is 0 Å². The highest BCUT2D eigenvalue weighted by Crippen LogP contribution is 2.17. The summed E-state index contributed by atoms with van der Waals surface area (Å²) in [6.45, 7) is 7.40. The molecule has 116 valence electrons. The standard InChI is InChI=1S/C18H24N4/c1-3-17-14(2)11-19-18(21-17)20-16-9-10-22(13-16)12-15-7-5-4-6-8-15/h4-8,11,16H,3,9-10,12-13H2,1-2H3,(H,19,20,21)/t16-/m0/s1. The maximum atomic E-state index is 4.62. The zero-order valence-electron chi connectivity index (χ0n) is 13.4. The first kappa shape index (κ1) is 15.0. The number of aryl methyl sites for hydroxylation is 2. The van der Waals surface area contributed by atoms with E-state index in [2.05, 4.69) is 64.4 Å². The summed E-state index contributed by atoms with van der Waals surface area (Å²) in [5, 5.41) is 3.49. The van der Waals surface area contributed by atoms with Crippen molar-refractivity contribution in [3.8, 4) is 0 Å². The summed E-state index contributed by atoms with van der Waals surface area (Å²) in [5.74, 6) is 0.772. The monoisotopic (exact) mass is 296 g/mol. The molecule has 0 saturated carbocycles. The quantitative estimate of drug-likeness (QED) is 0.921. The van der Waals surface area contributed by atoms with Crippen LogP contribution >= 0.6 is 0 Å². The van der Waals surface area contributed by atoms with Gasteiger partial charge in [-0.2, -0.15) is 0 Å². The second-order valence-corrected chi connectivity index (χ2v) is 6.03. The van der Waals surface area contributed by atoms with Crippen LogP contribution in [0.3, 0.4) is 0 Å². The molecule has 4 heteroatoms. The lowest BCUT2D eigenvalue weighted by Crippen LogP contribution is -2.26. The summed E-state index contributed by atoms with van der Waals surface area (Å²) in [4.78, 5) is 11.5. The zero-order valence-corrected chi connectivity index (χ0v) is 13.4. The van der Waals surface area contributed by atoms with Gasteiger partial charge in [0.05, 0.1) is 0 Å². The van der Waals surface area contributed by atoms with Gasteiger partial charge in [0.15, 0.2) is 0 Å². The van der Waals surface area contributed by atoms with E-state index in [1.54, 1.807) is 0 Å². The summed E-state index contributed by atoms with van der Waals surface area (Å²) < 4.78 is 0. The van der Waals surface area contributed by atoms with Gasteiger partial charge >= 0.3 is 0 Å². The summed E-state index contributed by atoms with van der Waals surface area (Å²) in [7, 11) is 0. The van der Waals surface area contributed by atoms with Crippen molar-refractivity contribution in [2.24, 2.45) is 0 Å². The Balaban J connectivity index is 1.57. The van der Waals surface area contributed by atoms with E-state index in [1.807, 2.05) is 6.20 Å². The highest BCUT2D eigenvalue weighted by atomic mass is 15.2. The first-order valence-electron chi connectivity index (χ1n) is 8.10. The second-order valence-electron chi connectivity index (χ2n) is 6.03. The molecule has 0 radical (unpaired) electrons. The van der Waals surface area contributed by atoms with Crippen LogP contribution in [0.1, 0.15) is 30.2 Å². The second kappa shape index (κ2) is 6.88. The van der Waals surface area contributed by atoms with Crippen molar-refractivity contribution in [2.45, 2.75) is 39.3 Å². The first-order valence-corrected chi connectivity index (χ1v) is 8.10. The lowest BCUT2D eigenvalue weighted by molar-refractivity contribution is 0.328. The molecule has 1 aromatic heterocycles. The van der Waals surface area contributed by atoms with Gasteiger partial charge in [0, 0.05) is 37.6 Å². The van der Waals surface area contributed by atoms with Crippen LogP contribution < -0.4 is 5.32 Å². The number of anilines is 1. The number of aromatic nitrogens is 2. The minimum Gasteiger partial charge on any atom is -0.350 e.